The van der Waals surface area contributed by atoms with E-state index in [9.17, 15) is 18.0 Å². The van der Waals surface area contributed by atoms with Gasteiger partial charge in [0.1, 0.15) is 5.75 Å². The Kier molecular flexibility index (Phi) is 6.63. The number of benzene rings is 2. The van der Waals surface area contributed by atoms with Crippen LogP contribution in [0, 0.1) is 0 Å². The number of rotatable bonds is 7. The van der Waals surface area contributed by atoms with Crippen LogP contribution in [0.5, 0.6) is 5.75 Å². The highest BCUT2D eigenvalue weighted by Gasteiger charge is 2.33. The van der Waals surface area contributed by atoms with Gasteiger partial charge in [-0.05, 0) is 43.8 Å². The lowest BCUT2D eigenvalue weighted by atomic mass is 10.1. The van der Waals surface area contributed by atoms with Crippen molar-refractivity contribution in [3.8, 4) is 5.75 Å². The van der Waals surface area contributed by atoms with Crippen LogP contribution < -0.4 is 10.1 Å². The summed E-state index contributed by atoms with van der Waals surface area (Å²) in [6.45, 7) is 2.94. The van der Waals surface area contributed by atoms with Gasteiger partial charge >= 0.3 is 6.18 Å². The smallest absolute Gasteiger partial charge is 0.418 e. The molecule has 140 valence electrons. The van der Waals surface area contributed by atoms with E-state index in [1.807, 2.05) is 31.2 Å². The van der Waals surface area contributed by atoms with Crippen molar-refractivity contribution in [3.05, 3.63) is 59.7 Å². The molecular formula is C19H21F3N2O2. The van der Waals surface area contributed by atoms with Crippen molar-refractivity contribution in [1.29, 1.82) is 0 Å². The first-order chi connectivity index (χ1) is 12.3. The summed E-state index contributed by atoms with van der Waals surface area (Å²) >= 11 is 0. The van der Waals surface area contributed by atoms with E-state index in [4.69, 9.17) is 4.74 Å². The molecule has 0 aromatic heterocycles. The molecule has 1 amide bonds. The molecule has 2 aromatic carbocycles. The molecule has 7 heteroatoms. The van der Waals surface area contributed by atoms with Crippen LogP contribution in [0.1, 0.15) is 18.1 Å². The Morgan fingerprint density at radius 1 is 1.12 bits per heavy atom. The molecule has 0 aliphatic rings. The summed E-state index contributed by atoms with van der Waals surface area (Å²) in [5.41, 5.74) is -0.124. The maximum Gasteiger partial charge on any atom is 0.418 e. The third kappa shape index (κ3) is 5.77. The van der Waals surface area contributed by atoms with Crippen molar-refractivity contribution < 1.29 is 22.7 Å². The summed E-state index contributed by atoms with van der Waals surface area (Å²) in [6.07, 6.45) is -4.52. The number of amides is 1. The van der Waals surface area contributed by atoms with E-state index in [1.54, 1.807) is 11.9 Å². The van der Waals surface area contributed by atoms with E-state index in [0.717, 1.165) is 17.4 Å². The quantitative estimate of drug-likeness (QED) is 0.800. The number of likely N-dealkylation sites (N-methyl/N-ethyl adjacent to an activating group) is 1. The zero-order chi connectivity index (χ0) is 19.2. The van der Waals surface area contributed by atoms with E-state index in [-0.39, 0.29) is 12.2 Å². The minimum absolute atomic E-state index is 0.0284. The van der Waals surface area contributed by atoms with Crippen LogP contribution in [0.4, 0.5) is 18.9 Å². The Balaban J connectivity index is 1.93. The van der Waals surface area contributed by atoms with Gasteiger partial charge in [0.25, 0.3) is 0 Å². The molecule has 4 nitrogen and oxygen atoms in total. The Hall–Kier alpha value is -2.54. The average molecular weight is 366 g/mol. The van der Waals surface area contributed by atoms with Gasteiger partial charge in [0, 0.05) is 6.54 Å². The third-order valence-electron chi connectivity index (χ3n) is 3.61. The maximum absolute atomic E-state index is 13.0. The van der Waals surface area contributed by atoms with Gasteiger partial charge in [-0.25, -0.2) is 0 Å². The van der Waals surface area contributed by atoms with Crippen molar-refractivity contribution in [2.45, 2.75) is 19.6 Å². The first-order valence-corrected chi connectivity index (χ1v) is 8.16. The molecule has 0 atom stereocenters. The standard InChI is InChI=1S/C19H21F3N2O2/c1-3-26-15-10-8-14(9-11-15)12-24(2)13-18(25)23-17-7-5-4-6-16(17)19(20,21)22/h4-11H,3,12-13H2,1-2H3,(H,23,25). The highest BCUT2D eigenvalue weighted by molar-refractivity contribution is 5.93. The molecule has 0 fully saturated rings. The summed E-state index contributed by atoms with van der Waals surface area (Å²) in [4.78, 5) is 13.8. The molecule has 0 heterocycles. The van der Waals surface area contributed by atoms with Crippen LogP contribution >= 0.6 is 0 Å². The number of alkyl halides is 3. The second-order valence-electron chi connectivity index (χ2n) is 5.84. The number of ether oxygens (including phenoxy) is 1. The largest absolute Gasteiger partial charge is 0.494 e. The number of carbonyl (C=O) groups excluding carboxylic acids is 1. The molecule has 26 heavy (non-hydrogen) atoms. The molecule has 0 saturated heterocycles. The SMILES string of the molecule is CCOc1ccc(CN(C)CC(=O)Nc2ccccc2C(F)(F)F)cc1. The van der Waals surface area contributed by atoms with Gasteiger partial charge in [-0.2, -0.15) is 13.2 Å². The fourth-order valence-corrected chi connectivity index (χ4v) is 2.50. The van der Waals surface area contributed by atoms with E-state index < -0.39 is 17.6 Å². The Labute approximate surface area is 150 Å². The number of halogens is 3. The van der Waals surface area contributed by atoms with Gasteiger partial charge in [-0.1, -0.05) is 24.3 Å². The second-order valence-corrected chi connectivity index (χ2v) is 5.84. The minimum atomic E-state index is -4.52. The Morgan fingerprint density at radius 3 is 2.38 bits per heavy atom. The monoisotopic (exact) mass is 366 g/mol. The first kappa shape index (κ1) is 19.8. The van der Waals surface area contributed by atoms with Gasteiger partial charge in [0.05, 0.1) is 24.4 Å². The van der Waals surface area contributed by atoms with Crippen LogP contribution in [0.25, 0.3) is 0 Å². The van der Waals surface area contributed by atoms with Gasteiger partial charge < -0.3 is 10.1 Å². The molecule has 0 bridgehead atoms. The predicted octanol–water partition coefficient (Wildman–Crippen LogP) is 4.17. The van der Waals surface area contributed by atoms with Gasteiger partial charge in [-0.3, -0.25) is 9.69 Å². The van der Waals surface area contributed by atoms with E-state index in [1.165, 1.54) is 18.2 Å². The minimum Gasteiger partial charge on any atom is -0.494 e. The number of nitrogens with zero attached hydrogens (tertiary/aromatic N) is 1. The summed E-state index contributed by atoms with van der Waals surface area (Å²) in [5.74, 6) is 0.260. The van der Waals surface area contributed by atoms with E-state index in [0.29, 0.717) is 13.2 Å². The van der Waals surface area contributed by atoms with Crippen LogP contribution in [0.15, 0.2) is 48.5 Å². The van der Waals surface area contributed by atoms with Crippen LogP contribution in [-0.4, -0.2) is 31.0 Å². The van der Waals surface area contributed by atoms with Crippen molar-refractivity contribution in [3.63, 3.8) is 0 Å². The topological polar surface area (TPSA) is 41.6 Å². The number of para-hydroxylation sites is 1. The molecule has 2 aromatic rings. The lowest BCUT2D eigenvalue weighted by molar-refractivity contribution is -0.137. The molecule has 0 aliphatic carbocycles. The zero-order valence-electron chi connectivity index (χ0n) is 14.6. The fourth-order valence-electron chi connectivity index (χ4n) is 2.50. The molecule has 0 spiro atoms. The average Bonchev–Trinajstić information content (AvgIpc) is 2.56. The van der Waals surface area contributed by atoms with Crippen LogP contribution in [0.3, 0.4) is 0 Å². The summed E-state index contributed by atoms with van der Waals surface area (Å²) < 4.78 is 44.3. The highest BCUT2D eigenvalue weighted by atomic mass is 19.4. The lowest BCUT2D eigenvalue weighted by Crippen LogP contribution is -2.30. The third-order valence-corrected chi connectivity index (χ3v) is 3.61. The Bertz CT molecular complexity index is 730. The Morgan fingerprint density at radius 2 is 1.77 bits per heavy atom. The van der Waals surface area contributed by atoms with E-state index >= 15 is 0 Å². The molecule has 0 unspecified atom stereocenters. The number of nitrogens with one attached hydrogen (secondary N) is 1. The molecule has 2 rings (SSSR count). The molecule has 0 saturated carbocycles. The number of anilines is 1. The van der Waals surface area contributed by atoms with Gasteiger partial charge in [0.2, 0.25) is 5.91 Å². The summed E-state index contributed by atoms with van der Waals surface area (Å²) in [7, 11) is 1.73. The highest BCUT2D eigenvalue weighted by Crippen LogP contribution is 2.34. The fraction of sp³-hybridized carbons (Fsp3) is 0.316. The second kappa shape index (κ2) is 8.71. The summed E-state index contributed by atoms with van der Waals surface area (Å²) in [5, 5.41) is 2.34. The molecule has 0 aliphatic heterocycles. The molecule has 0 radical (unpaired) electrons. The van der Waals surface area contributed by atoms with Crippen molar-refractivity contribution in [2.75, 3.05) is 25.5 Å². The van der Waals surface area contributed by atoms with E-state index in [2.05, 4.69) is 5.32 Å². The normalized spacial score (nSPS) is 11.5. The predicted molar refractivity (Wildman–Crippen MR) is 94.0 cm³/mol. The lowest BCUT2D eigenvalue weighted by Gasteiger charge is -2.18. The molecular weight excluding hydrogens is 345 g/mol. The maximum atomic E-state index is 13.0. The van der Waals surface area contributed by atoms with Gasteiger partial charge in [0.15, 0.2) is 0 Å². The number of carbonyl (C=O) groups is 1. The zero-order valence-corrected chi connectivity index (χ0v) is 14.6. The summed E-state index contributed by atoms with van der Waals surface area (Å²) in [6, 6.07) is 12.4. The van der Waals surface area contributed by atoms with Gasteiger partial charge in [-0.15, -0.1) is 0 Å². The number of hydrogen-bond acceptors (Lipinski definition) is 3. The van der Waals surface area contributed by atoms with Crippen molar-refractivity contribution >= 4 is 11.6 Å². The first-order valence-electron chi connectivity index (χ1n) is 8.16. The van der Waals surface area contributed by atoms with Crippen molar-refractivity contribution in [2.24, 2.45) is 0 Å². The number of hydrogen-bond donors (Lipinski definition) is 1. The molecule has 1 N–H and O–H groups in total. The van der Waals surface area contributed by atoms with Crippen LogP contribution in [-0.2, 0) is 17.5 Å². The van der Waals surface area contributed by atoms with Crippen LogP contribution in [0.2, 0.25) is 0 Å². The van der Waals surface area contributed by atoms with Crippen molar-refractivity contribution in [1.82, 2.24) is 4.90 Å².